The monoisotopic (exact) mass is 375 g/mol. The van der Waals surface area contributed by atoms with Crippen molar-refractivity contribution in [3.05, 3.63) is 17.0 Å². The molecule has 24 heavy (non-hydrogen) atoms. The van der Waals surface area contributed by atoms with Crippen molar-refractivity contribution in [2.45, 2.75) is 32.4 Å². The number of carbonyl (C=O) groups is 3. The molecule has 1 saturated heterocycles. The van der Waals surface area contributed by atoms with Gasteiger partial charge < -0.3 is 20.7 Å². The summed E-state index contributed by atoms with van der Waals surface area (Å²) in [5, 5.41) is 4.98. The Hall–Kier alpha value is -1.64. The van der Waals surface area contributed by atoms with E-state index in [1.54, 1.807) is 11.4 Å². The normalized spacial score (nSPS) is 18.3. The number of thiophene rings is 1. The number of hydrogen-bond acceptors (Lipinski definition) is 6. The minimum Gasteiger partial charge on any atom is -0.465 e. The number of methoxy groups -OCH3 is 1. The summed E-state index contributed by atoms with van der Waals surface area (Å²) in [5.41, 5.74) is 6.16. The van der Waals surface area contributed by atoms with Crippen LogP contribution in [-0.4, -0.2) is 43.5 Å². The molecule has 3 N–H and O–H groups in total. The van der Waals surface area contributed by atoms with E-state index in [0.29, 0.717) is 23.5 Å². The highest BCUT2D eigenvalue weighted by Gasteiger charge is 2.37. The fraction of sp³-hybridized carbons (Fsp3) is 0.533. The van der Waals surface area contributed by atoms with Gasteiger partial charge in [0.1, 0.15) is 11.0 Å². The molecule has 0 bridgehead atoms. The van der Waals surface area contributed by atoms with Crippen LogP contribution in [0, 0.1) is 5.92 Å². The summed E-state index contributed by atoms with van der Waals surface area (Å²) in [7, 11) is 1.30. The number of nitrogens with one attached hydrogen (secondary N) is 1. The highest BCUT2D eigenvalue weighted by Crippen LogP contribution is 2.31. The summed E-state index contributed by atoms with van der Waals surface area (Å²) in [6.07, 6.45) is 0.480. The number of nitrogens with two attached hydrogens (primary N) is 1. The molecule has 0 spiro atoms. The van der Waals surface area contributed by atoms with Gasteiger partial charge in [0, 0.05) is 6.54 Å². The van der Waals surface area contributed by atoms with Crippen molar-refractivity contribution in [1.29, 1.82) is 0 Å². The Labute approximate surface area is 150 Å². The summed E-state index contributed by atoms with van der Waals surface area (Å²) < 4.78 is 4.72. The molecular weight excluding hydrogens is 354 g/mol. The van der Waals surface area contributed by atoms with Gasteiger partial charge in [-0.2, -0.15) is 0 Å². The molecular formula is C15H22ClN3O4S. The van der Waals surface area contributed by atoms with Gasteiger partial charge in [0.25, 0.3) is 0 Å². The second-order valence-corrected chi connectivity index (χ2v) is 6.64. The van der Waals surface area contributed by atoms with Crippen LogP contribution in [0.3, 0.4) is 0 Å². The number of halogens is 1. The lowest BCUT2D eigenvalue weighted by molar-refractivity contribution is -0.127. The van der Waals surface area contributed by atoms with Crippen LogP contribution in [0.25, 0.3) is 0 Å². The third-order valence-electron chi connectivity index (χ3n) is 3.84. The lowest BCUT2D eigenvalue weighted by atomic mass is 10.0. The van der Waals surface area contributed by atoms with Crippen LogP contribution in [0.1, 0.15) is 30.6 Å². The molecule has 0 radical (unpaired) electrons. The molecule has 134 valence electrons. The molecule has 0 aliphatic carbocycles. The van der Waals surface area contributed by atoms with E-state index in [2.05, 4.69) is 5.32 Å². The Morgan fingerprint density at radius 1 is 1.46 bits per heavy atom. The van der Waals surface area contributed by atoms with Crippen molar-refractivity contribution in [1.82, 2.24) is 5.32 Å². The van der Waals surface area contributed by atoms with E-state index in [-0.39, 0.29) is 30.1 Å². The SMILES string of the molecule is COC(=O)c1ccsc1N1CCC(NC(=O)[C@@H](N)C(C)C)C1=O.Cl. The van der Waals surface area contributed by atoms with E-state index in [1.165, 1.54) is 23.3 Å². The zero-order chi connectivity index (χ0) is 17.1. The van der Waals surface area contributed by atoms with Gasteiger partial charge in [0.05, 0.1) is 18.7 Å². The first-order valence-electron chi connectivity index (χ1n) is 7.40. The number of hydrogen-bond donors (Lipinski definition) is 2. The zero-order valence-corrected chi connectivity index (χ0v) is 15.4. The molecule has 7 nitrogen and oxygen atoms in total. The van der Waals surface area contributed by atoms with Crippen molar-refractivity contribution in [2.75, 3.05) is 18.6 Å². The smallest absolute Gasteiger partial charge is 0.340 e. The number of carbonyl (C=O) groups excluding carboxylic acids is 3. The second-order valence-electron chi connectivity index (χ2n) is 5.74. The maximum Gasteiger partial charge on any atom is 0.340 e. The van der Waals surface area contributed by atoms with Gasteiger partial charge in [-0.15, -0.1) is 23.7 Å². The van der Waals surface area contributed by atoms with Crippen molar-refractivity contribution in [3.63, 3.8) is 0 Å². The Balaban J connectivity index is 0.00000288. The van der Waals surface area contributed by atoms with Crippen LogP contribution >= 0.6 is 23.7 Å². The van der Waals surface area contributed by atoms with E-state index in [1.807, 2.05) is 13.8 Å². The molecule has 2 amide bonds. The van der Waals surface area contributed by atoms with Gasteiger partial charge in [-0.3, -0.25) is 9.59 Å². The minimum atomic E-state index is -0.649. The number of anilines is 1. The molecule has 1 unspecified atom stereocenters. The van der Waals surface area contributed by atoms with E-state index in [9.17, 15) is 14.4 Å². The van der Waals surface area contributed by atoms with E-state index < -0.39 is 18.1 Å². The molecule has 1 aliphatic rings. The van der Waals surface area contributed by atoms with E-state index in [0.717, 1.165) is 0 Å². The number of ether oxygens (including phenoxy) is 1. The van der Waals surface area contributed by atoms with Gasteiger partial charge >= 0.3 is 5.97 Å². The fourth-order valence-electron chi connectivity index (χ4n) is 2.36. The summed E-state index contributed by atoms with van der Waals surface area (Å²) in [4.78, 5) is 37.8. The van der Waals surface area contributed by atoms with Gasteiger partial charge in [0.15, 0.2) is 0 Å². The standard InChI is InChI=1S/C15H21N3O4S.ClH/c1-8(2)11(16)12(19)17-10-4-6-18(13(10)20)14-9(5-7-23-14)15(21)22-3;/h5,7-8,10-11H,4,6,16H2,1-3H3,(H,17,19);1H/t10?,11-;/m0./s1. The largest absolute Gasteiger partial charge is 0.465 e. The molecule has 2 heterocycles. The van der Waals surface area contributed by atoms with E-state index >= 15 is 0 Å². The average molecular weight is 376 g/mol. The van der Waals surface area contributed by atoms with Crippen LogP contribution in [0.4, 0.5) is 5.00 Å². The molecule has 1 aromatic heterocycles. The lowest BCUT2D eigenvalue weighted by Gasteiger charge is -2.19. The highest BCUT2D eigenvalue weighted by molar-refractivity contribution is 7.14. The first-order valence-corrected chi connectivity index (χ1v) is 8.28. The van der Waals surface area contributed by atoms with Crippen molar-refractivity contribution in [3.8, 4) is 0 Å². The van der Waals surface area contributed by atoms with Gasteiger partial charge in [0.2, 0.25) is 11.8 Å². The van der Waals surface area contributed by atoms with E-state index in [4.69, 9.17) is 10.5 Å². The zero-order valence-electron chi connectivity index (χ0n) is 13.8. The summed E-state index contributed by atoms with van der Waals surface area (Å²) in [6.45, 7) is 4.13. The third-order valence-corrected chi connectivity index (χ3v) is 4.77. The molecule has 0 saturated carbocycles. The predicted molar refractivity (Wildman–Crippen MR) is 94.6 cm³/mol. The van der Waals surface area contributed by atoms with Crippen LogP contribution < -0.4 is 16.0 Å². The number of esters is 1. The number of rotatable bonds is 5. The Morgan fingerprint density at radius 2 is 2.12 bits per heavy atom. The Bertz CT molecular complexity index is 620. The number of amides is 2. The molecule has 1 aromatic rings. The van der Waals surface area contributed by atoms with Crippen LogP contribution in [0.2, 0.25) is 0 Å². The Kier molecular flexibility index (Phi) is 7.19. The summed E-state index contributed by atoms with van der Waals surface area (Å²) in [5.74, 6) is -1.06. The first-order chi connectivity index (χ1) is 10.9. The van der Waals surface area contributed by atoms with Crippen molar-refractivity contribution < 1.29 is 19.1 Å². The van der Waals surface area contributed by atoms with Gasteiger partial charge in [-0.25, -0.2) is 4.79 Å². The van der Waals surface area contributed by atoms with Crippen molar-refractivity contribution in [2.24, 2.45) is 11.7 Å². The quantitative estimate of drug-likeness (QED) is 0.752. The molecule has 9 heteroatoms. The van der Waals surface area contributed by atoms with Crippen LogP contribution in [0.15, 0.2) is 11.4 Å². The predicted octanol–water partition coefficient (Wildman–Crippen LogP) is 1.16. The average Bonchev–Trinajstić information content (AvgIpc) is 3.13. The highest BCUT2D eigenvalue weighted by atomic mass is 35.5. The molecule has 1 aliphatic heterocycles. The molecule has 2 rings (SSSR count). The minimum absolute atomic E-state index is 0. The van der Waals surface area contributed by atoms with Crippen LogP contribution in [-0.2, 0) is 14.3 Å². The summed E-state index contributed by atoms with van der Waals surface area (Å²) >= 11 is 1.29. The maximum atomic E-state index is 12.5. The number of nitrogens with zero attached hydrogens (tertiary/aromatic N) is 1. The first kappa shape index (κ1) is 20.4. The van der Waals surface area contributed by atoms with Gasteiger partial charge in [-0.1, -0.05) is 13.8 Å². The maximum absolute atomic E-state index is 12.5. The van der Waals surface area contributed by atoms with Gasteiger partial charge in [-0.05, 0) is 23.8 Å². The second kappa shape index (κ2) is 8.46. The molecule has 1 fully saturated rings. The lowest BCUT2D eigenvalue weighted by Crippen LogP contribution is -2.50. The third kappa shape index (κ3) is 4.06. The van der Waals surface area contributed by atoms with Crippen LogP contribution in [0.5, 0.6) is 0 Å². The topological polar surface area (TPSA) is 102 Å². The Morgan fingerprint density at radius 3 is 2.71 bits per heavy atom. The van der Waals surface area contributed by atoms with Crippen molar-refractivity contribution >= 4 is 46.5 Å². The molecule has 2 atom stereocenters. The summed E-state index contributed by atoms with van der Waals surface area (Å²) in [6, 6.07) is 0.365. The molecule has 0 aromatic carbocycles. The fourth-order valence-corrected chi connectivity index (χ4v) is 3.28.